The molecule has 2 atom stereocenters. The molecule has 0 bridgehead atoms. The summed E-state index contributed by atoms with van der Waals surface area (Å²) in [6, 6.07) is 3.20. The fourth-order valence-corrected chi connectivity index (χ4v) is 4.90. The molecule has 1 aromatic carbocycles. The highest BCUT2D eigenvalue weighted by atomic mass is 19.1. The first-order valence-corrected chi connectivity index (χ1v) is 11.8. The summed E-state index contributed by atoms with van der Waals surface area (Å²) >= 11 is 0. The van der Waals surface area contributed by atoms with Crippen LogP contribution in [-0.2, 0) is 6.54 Å². The van der Waals surface area contributed by atoms with Crippen molar-refractivity contribution in [2.45, 2.75) is 64.6 Å². The largest absolute Gasteiger partial charge is 0.494 e. The molecule has 186 valence electrons. The maximum atomic E-state index is 14.5. The summed E-state index contributed by atoms with van der Waals surface area (Å²) in [5, 5.41) is 20.0. The van der Waals surface area contributed by atoms with Crippen molar-refractivity contribution in [2.24, 2.45) is 0 Å². The van der Waals surface area contributed by atoms with Crippen molar-refractivity contribution in [3.63, 3.8) is 0 Å². The van der Waals surface area contributed by atoms with Gasteiger partial charge in [-0.25, -0.2) is 14.4 Å². The predicted molar refractivity (Wildman–Crippen MR) is 131 cm³/mol. The van der Waals surface area contributed by atoms with Gasteiger partial charge in [-0.05, 0) is 46.6 Å². The summed E-state index contributed by atoms with van der Waals surface area (Å²) in [5.74, 6) is 0.506. The van der Waals surface area contributed by atoms with Crippen LogP contribution in [-0.4, -0.2) is 59.8 Å². The summed E-state index contributed by atoms with van der Waals surface area (Å²) in [4.78, 5) is 11.5. The second-order valence-corrected chi connectivity index (χ2v) is 10.1. The number of hydrogen-bond acceptors (Lipinski definition) is 8. The number of benzene rings is 1. The Hall–Kier alpha value is -3.47. The zero-order valence-corrected chi connectivity index (χ0v) is 20.7. The maximum Gasteiger partial charge on any atom is 0.223 e. The lowest BCUT2D eigenvalue weighted by atomic mass is 9.92. The molecule has 4 aromatic rings. The lowest BCUT2D eigenvalue weighted by Crippen LogP contribution is -2.41. The molecule has 11 heteroatoms. The van der Waals surface area contributed by atoms with Gasteiger partial charge >= 0.3 is 0 Å². The number of aromatic nitrogens is 6. The molecule has 0 radical (unpaired) electrons. The number of nitrogen functional groups attached to an aromatic ring is 1. The minimum Gasteiger partial charge on any atom is -0.494 e. The highest BCUT2D eigenvalue weighted by Gasteiger charge is 2.31. The normalized spacial score (nSPS) is 19.1. The minimum absolute atomic E-state index is 0.0562. The van der Waals surface area contributed by atoms with Crippen LogP contribution in [0.2, 0.25) is 0 Å². The van der Waals surface area contributed by atoms with Crippen LogP contribution >= 0.6 is 0 Å². The van der Waals surface area contributed by atoms with Crippen LogP contribution in [0.1, 0.15) is 51.0 Å². The van der Waals surface area contributed by atoms with Gasteiger partial charge in [-0.15, -0.1) is 5.10 Å². The molecule has 0 amide bonds. The van der Waals surface area contributed by atoms with Crippen molar-refractivity contribution in [3.05, 3.63) is 35.7 Å². The molecule has 5 rings (SSSR count). The molecule has 0 aliphatic carbocycles. The van der Waals surface area contributed by atoms with Crippen molar-refractivity contribution in [1.29, 1.82) is 0 Å². The average molecular weight is 483 g/mol. The van der Waals surface area contributed by atoms with Crippen LogP contribution in [0.15, 0.2) is 18.3 Å². The van der Waals surface area contributed by atoms with E-state index in [9.17, 15) is 9.50 Å². The van der Waals surface area contributed by atoms with Gasteiger partial charge in [0.1, 0.15) is 0 Å². The topological polar surface area (TPSA) is 120 Å². The molecule has 3 aromatic heterocycles. The second kappa shape index (κ2) is 8.33. The summed E-state index contributed by atoms with van der Waals surface area (Å²) in [6.07, 6.45) is 3.87. The number of hydrogen-bond donors (Lipinski definition) is 2. The Labute approximate surface area is 202 Å². The molecule has 1 aliphatic rings. The smallest absolute Gasteiger partial charge is 0.223 e. The van der Waals surface area contributed by atoms with E-state index in [4.69, 9.17) is 15.5 Å². The van der Waals surface area contributed by atoms with Crippen LogP contribution in [0.5, 0.6) is 5.75 Å². The molecule has 0 spiro atoms. The number of piperidine rings is 1. The number of aryl methyl sites for hydroxylation is 1. The Morgan fingerprint density at radius 2 is 2.00 bits per heavy atom. The zero-order valence-electron chi connectivity index (χ0n) is 20.7. The van der Waals surface area contributed by atoms with Crippen LogP contribution < -0.4 is 15.4 Å². The van der Waals surface area contributed by atoms with Crippen molar-refractivity contribution >= 4 is 28.2 Å². The summed E-state index contributed by atoms with van der Waals surface area (Å²) < 4.78 is 22.8. The Bertz CT molecular complexity index is 1410. The summed E-state index contributed by atoms with van der Waals surface area (Å²) in [5.41, 5.74) is 8.25. The van der Waals surface area contributed by atoms with Gasteiger partial charge in [0.05, 0.1) is 36.2 Å². The van der Waals surface area contributed by atoms with E-state index in [1.807, 2.05) is 13.1 Å². The van der Waals surface area contributed by atoms with Crippen LogP contribution in [0, 0.1) is 12.7 Å². The Morgan fingerprint density at radius 1 is 1.23 bits per heavy atom. The number of halogens is 1. The fourth-order valence-electron chi connectivity index (χ4n) is 4.90. The first-order chi connectivity index (χ1) is 16.5. The molecular weight excluding hydrogens is 451 g/mol. The number of rotatable bonds is 5. The van der Waals surface area contributed by atoms with Crippen LogP contribution in [0.3, 0.4) is 0 Å². The number of methoxy groups -OCH3 is 1. The van der Waals surface area contributed by atoms with Crippen LogP contribution in [0.25, 0.3) is 16.6 Å². The number of nitrogens with two attached hydrogens (primary N) is 1. The molecule has 4 heterocycles. The lowest BCUT2D eigenvalue weighted by molar-refractivity contribution is 0.0577. The van der Waals surface area contributed by atoms with E-state index < -0.39 is 11.4 Å². The third kappa shape index (κ3) is 4.24. The van der Waals surface area contributed by atoms with Crippen molar-refractivity contribution in [2.75, 3.05) is 24.3 Å². The van der Waals surface area contributed by atoms with E-state index in [1.54, 1.807) is 18.5 Å². The Balaban J connectivity index is 1.50. The number of nitrogens with zero attached hydrogens (tertiary/aromatic N) is 7. The summed E-state index contributed by atoms with van der Waals surface area (Å²) in [7, 11) is 1.41. The number of aliphatic hydroxyl groups is 1. The van der Waals surface area contributed by atoms with E-state index in [0.29, 0.717) is 41.5 Å². The van der Waals surface area contributed by atoms with Crippen molar-refractivity contribution in [1.82, 2.24) is 29.4 Å². The van der Waals surface area contributed by atoms with Crippen LogP contribution in [0.4, 0.5) is 16.0 Å². The monoisotopic (exact) mass is 482 g/mol. The number of anilines is 2. The molecule has 1 aliphatic heterocycles. The number of fused-ring (bicyclic) bond motifs is 3. The molecule has 10 nitrogen and oxygen atoms in total. The second-order valence-electron chi connectivity index (χ2n) is 10.1. The van der Waals surface area contributed by atoms with Gasteiger partial charge in [0.15, 0.2) is 23.0 Å². The van der Waals surface area contributed by atoms with E-state index in [-0.39, 0.29) is 17.6 Å². The average Bonchev–Trinajstić information content (AvgIpc) is 3.37. The third-order valence-corrected chi connectivity index (χ3v) is 6.61. The summed E-state index contributed by atoms with van der Waals surface area (Å²) in [6.45, 7) is 8.84. The van der Waals surface area contributed by atoms with E-state index in [2.05, 4.69) is 27.0 Å². The van der Waals surface area contributed by atoms with Gasteiger partial charge in [-0.3, -0.25) is 4.68 Å². The predicted octanol–water partition coefficient (Wildman–Crippen LogP) is 3.06. The van der Waals surface area contributed by atoms with Crippen molar-refractivity contribution in [3.8, 4) is 5.75 Å². The van der Waals surface area contributed by atoms with Crippen molar-refractivity contribution < 1.29 is 14.2 Å². The van der Waals surface area contributed by atoms with Gasteiger partial charge in [0.25, 0.3) is 0 Å². The number of ether oxygens (including phenoxy) is 1. The fraction of sp³-hybridized carbons (Fsp3) is 0.500. The highest BCUT2D eigenvalue weighted by molar-refractivity contribution is 5.93. The molecule has 1 fully saturated rings. The molecule has 3 N–H and O–H groups in total. The molecule has 1 saturated heterocycles. The SMILES string of the molecule is COc1cc2nc(N)n3nc([C@@H]4CC[C@H](C)N(c5cn(CC(C)(C)O)nc5C)C4)nc3c2cc1F. The zero-order chi connectivity index (χ0) is 25.1. The van der Waals surface area contributed by atoms with Gasteiger partial charge < -0.3 is 20.5 Å². The molecule has 35 heavy (non-hydrogen) atoms. The van der Waals surface area contributed by atoms with Gasteiger partial charge in [0.2, 0.25) is 5.95 Å². The first kappa shape index (κ1) is 23.3. The van der Waals surface area contributed by atoms with E-state index >= 15 is 0 Å². The van der Waals surface area contributed by atoms with Gasteiger partial charge in [-0.2, -0.15) is 9.61 Å². The minimum atomic E-state index is -0.855. The Morgan fingerprint density at radius 3 is 2.71 bits per heavy atom. The van der Waals surface area contributed by atoms with E-state index in [1.165, 1.54) is 23.8 Å². The Kier molecular flexibility index (Phi) is 5.54. The van der Waals surface area contributed by atoms with E-state index in [0.717, 1.165) is 24.2 Å². The highest BCUT2D eigenvalue weighted by Crippen LogP contribution is 2.35. The molecular formula is C24H31FN8O2. The first-order valence-electron chi connectivity index (χ1n) is 11.8. The third-order valence-electron chi connectivity index (χ3n) is 6.61. The maximum absolute atomic E-state index is 14.5. The van der Waals surface area contributed by atoms with Gasteiger partial charge in [-0.1, -0.05) is 0 Å². The standard InChI is InChI=1S/C24H31FN8O2/c1-13-6-7-15(10-32(13)19-11-31(29-14(19)2)12-24(3,4)34)21-28-22-16-8-17(25)20(35-5)9-18(16)27-23(26)33(22)30-21/h8-9,11,13,15,34H,6-7,10,12H2,1-5H3,(H2,26,27)/t13-,15+/m0/s1. The van der Waals surface area contributed by atoms with Gasteiger partial charge in [0, 0.05) is 36.2 Å². The quantitative estimate of drug-likeness (QED) is 0.445. The lowest BCUT2D eigenvalue weighted by Gasteiger charge is -2.38. The molecule has 0 unspecified atom stereocenters. The molecule has 0 saturated carbocycles.